The predicted octanol–water partition coefficient (Wildman–Crippen LogP) is 1.53. The number of ether oxygens (including phenoxy) is 1. The van der Waals surface area contributed by atoms with Crippen molar-refractivity contribution in [3.63, 3.8) is 0 Å². The summed E-state index contributed by atoms with van der Waals surface area (Å²) in [6.45, 7) is 5.17. The Hall–Kier alpha value is -1.59. The molecule has 0 aromatic heterocycles. The first-order valence-corrected chi connectivity index (χ1v) is 6.91. The molecule has 0 radical (unpaired) electrons. The smallest absolute Gasteiger partial charge is 0.339 e. The quantitative estimate of drug-likeness (QED) is 0.905. The number of hydrogen-bond donors (Lipinski definition) is 1. The number of hydrogen-bond acceptors (Lipinski definition) is 4. The molecule has 1 N–H and O–H groups in total. The summed E-state index contributed by atoms with van der Waals surface area (Å²) < 4.78 is 5.17. The number of nitrogens with zero attached hydrogens (tertiary/aromatic N) is 2. The van der Waals surface area contributed by atoms with Crippen molar-refractivity contribution >= 4 is 5.97 Å². The van der Waals surface area contributed by atoms with Gasteiger partial charge in [0.25, 0.3) is 0 Å². The lowest BCUT2D eigenvalue weighted by molar-refractivity contribution is 0.0693. The first kappa shape index (κ1) is 14.8. The molecular weight excluding hydrogens is 256 g/mol. The third-order valence-electron chi connectivity index (χ3n) is 3.71. The van der Waals surface area contributed by atoms with Crippen LogP contribution in [0.4, 0.5) is 0 Å². The lowest BCUT2D eigenvalue weighted by Gasteiger charge is -2.20. The van der Waals surface area contributed by atoms with Crippen LogP contribution in [0.2, 0.25) is 0 Å². The molecule has 0 aliphatic carbocycles. The third-order valence-corrected chi connectivity index (χ3v) is 3.71. The zero-order valence-corrected chi connectivity index (χ0v) is 12.1. The Bertz CT molecular complexity index is 476. The van der Waals surface area contributed by atoms with Crippen LogP contribution in [-0.2, 0) is 6.54 Å². The molecule has 0 atom stereocenters. The molecule has 1 heterocycles. The number of benzene rings is 1. The highest BCUT2D eigenvalue weighted by atomic mass is 16.5. The number of aromatic carboxylic acids is 1. The molecule has 2 rings (SSSR count). The lowest BCUT2D eigenvalue weighted by Crippen LogP contribution is -2.28. The average molecular weight is 278 g/mol. The fourth-order valence-electron chi connectivity index (χ4n) is 2.53. The second-order valence-corrected chi connectivity index (χ2v) is 5.27. The van der Waals surface area contributed by atoms with Gasteiger partial charge < -0.3 is 14.7 Å². The van der Waals surface area contributed by atoms with Crippen molar-refractivity contribution in [3.05, 3.63) is 29.3 Å². The van der Waals surface area contributed by atoms with E-state index in [9.17, 15) is 4.79 Å². The Morgan fingerprint density at radius 2 is 2.10 bits per heavy atom. The molecule has 1 aliphatic rings. The predicted molar refractivity (Wildman–Crippen MR) is 77.3 cm³/mol. The van der Waals surface area contributed by atoms with Crippen LogP contribution in [0.1, 0.15) is 22.3 Å². The van der Waals surface area contributed by atoms with Gasteiger partial charge in [-0.2, -0.15) is 0 Å². The Morgan fingerprint density at radius 3 is 2.80 bits per heavy atom. The zero-order valence-electron chi connectivity index (χ0n) is 12.1. The van der Waals surface area contributed by atoms with Crippen molar-refractivity contribution in [1.29, 1.82) is 0 Å². The van der Waals surface area contributed by atoms with E-state index in [-0.39, 0.29) is 5.56 Å². The molecule has 5 nitrogen and oxygen atoms in total. The molecule has 20 heavy (non-hydrogen) atoms. The highest BCUT2D eigenvalue weighted by Crippen LogP contribution is 2.21. The summed E-state index contributed by atoms with van der Waals surface area (Å²) in [5, 5.41) is 9.08. The van der Waals surface area contributed by atoms with Crippen LogP contribution in [0.25, 0.3) is 0 Å². The molecule has 0 spiro atoms. The molecular formula is C15H22N2O3. The average Bonchev–Trinajstić information content (AvgIpc) is 2.63. The van der Waals surface area contributed by atoms with Crippen LogP contribution in [0.5, 0.6) is 5.75 Å². The van der Waals surface area contributed by atoms with Crippen molar-refractivity contribution in [3.8, 4) is 5.75 Å². The first-order valence-electron chi connectivity index (χ1n) is 6.91. The molecule has 1 aliphatic heterocycles. The fraction of sp³-hybridized carbons (Fsp3) is 0.533. The number of rotatable bonds is 4. The maximum absolute atomic E-state index is 11.1. The summed E-state index contributed by atoms with van der Waals surface area (Å²) >= 11 is 0. The number of likely N-dealkylation sites (N-methyl/N-ethyl adjacent to an activating group) is 1. The molecule has 1 aromatic rings. The summed E-state index contributed by atoms with van der Waals surface area (Å²) in [6.07, 6.45) is 1.17. The van der Waals surface area contributed by atoms with Gasteiger partial charge in [0.05, 0.1) is 7.11 Å². The Morgan fingerprint density at radius 1 is 1.30 bits per heavy atom. The highest BCUT2D eigenvalue weighted by molar-refractivity contribution is 5.90. The van der Waals surface area contributed by atoms with Gasteiger partial charge in [0, 0.05) is 19.6 Å². The number of methoxy groups -OCH3 is 1. The first-order chi connectivity index (χ1) is 9.60. The molecule has 5 heteroatoms. The summed E-state index contributed by atoms with van der Waals surface area (Å²) in [4.78, 5) is 15.8. The summed E-state index contributed by atoms with van der Waals surface area (Å²) in [5.74, 6) is -0.522. The van der Waals surface area contributed by atoms with Crippen molar-refractivity contribution in [1.82, 2.24) is 9.80 Å². The maximum Gasteiger partial charge on any atom is 0.339 e. The van der Waals surface area contributed by atoms with Gasteiger partial charge in [-0.05, 0) is 44.3 Å². The summed E-state index contributed by atoms with van der Waals surface area (Å²) in [5.41, 5.74) is 1.31. The lowest BCUT2D eigenvalue weighted by atomic mass is 10.1. The van der Waals surface area contributed by atoms with Crippen molar-refractivity contribution in [2.24, 2.45) is 0 Å². The van der Waals surface area contributed by atoms with Crippen molar-refractivity contribution in [2.75, 3.05) is 40.3 Å². The zero-order chi connectivity index (χ0) is 14.5. The van der Waals surface area contributed by atoms with E-state index in [1.54, 1.807) is 6.07 Å². The number of carboxylic acid groups (broad SMARTS) is 1. The highest BCUT2D eigenvalue weighted by Gasteiger charge is 2.15. The van der Waals surface area contributed by atoms with E-state index in [2.05, 4.69) is 16.8 Å². The van der Waals surface area contributed by atoms with E-state index < -0.39 is 5.97 Å². The van der Waals surface area contributed by atoms with Crippen LogP contribution in [0, 0.1) is 0 Å². The minimum absolute atomic E-state index is 0.215. The van der Waals surface area contributed by atoms with E-state index in [4.69, 9.17) is 9.84 Å². The van der Waals surface area contributed by atoms with Crippen LogP contribution >= 0.6 is 0 Å². The van der Waals surface area contributed by atoms with Gasteiger partial charge in [0.15, 0.2) is 0 Å². The molecule has 0 bridgehead atoms. The monoisotopic (exact) mass is 278 g/mol. The largest absolute Gasteiger partial charge is 0.496 e. The Labute approximate surface area is 119 Å². The van der Waals surface area contributed by atoms with Crippen LogP contribution < -0.4 is 4.74 Å². The van der Waals surface area contributed by atoms with Crippen molar-refractivity contribution < 1.29 is 14.6 Å². The van der Waals surface area contributed by atoms with Gasteiger partial charge in [0.1, 0.15) is 11.3 Å². The molecule has 110 valence electrons. The molecule has 0 unspecified atom stereocenters. The van der Waals surface area contributed by atoms with Gasteiger partial charge in [-0.1, -0.05) is 6.07 Å². The van der Waals surface area contributed by atoms with E-state index >= 15 is 0 Å². The summed E-state index contributed by atoms with van der Waals surface area (Å²) in [6, 6.07) is 5.33. The SMILES string of the molecule is COc1cc(CN2CCCN(C)CC2)ccc1C(=O)O. The second-order valence-electron chi connectivity index (χ2n) is 5.27. The van der Waals surface area contributed by atoms with Crippen LogP contribution in [0.15, 0.2) is 18.2 Å². The summed E-state index contributed by atoms with van der Waals surface area (Å²) in [7, 11) is 3.65. The minimum Gasteiger partial charge on any atom is -0.496 e. The molecule has 1 fully saturated rings. The molecule has 1 aromatic carbocycles. The van der Waals surface area contributed by atoms with E-state index in [1.807, 2.05) is 12.1 Å². The topological polar surface area (TPSA) is 53.0 Å². The van der Waals surface area contributed by atoms with Crippen molar-refractivity contribution in [2.45, 2.75) is 13.0 Å². The Balaban J connectivity index is 2.07. The maximum atomic E-state index is 11.1. The Kier molecular flexibility index (Phi) is 4.98. The van der Waals surface area contributed by atoms with Gasteiger partial charge in [0.2, 0.25) is 0 Å². The van der Waals surface area contributed by atoms with Gasteiger partial charge in [-0.15, -0.1) is 0 Å². The standard InChI is InChI=1S/C15H22N2O3/c1-16-6-3-7-17(9-8-16)11-12-4-5-13(15(18)19)14(10-12)20-2/h4-5,10H,3,6-9,11H2,1-2H3,(H,18,19). The fourth-order valence-corrected chi connectivity index (χ4v) is 2.53. The second kappa shape index (κ2) is 6.72. The van der Waals surface area contributed by atoms with Gasteiger partial charge in [-0.3, -0.25) is 4.90 Å². The van der Waals surface area contributed by atoms with Crippen LogP contribution in [0.3, 0.4) is 0 Å². The third kappa shape index (κ3) is 3.71. The van der Waals surface area contributed by atoms with Gasteiger partial charge >= 0.3 is 5.97 Å². The van der Waals surface area contributed by atoms with E-state index in [0.717, 1.165) is 38.3 Å². The minimum atomic E-state index is -0.954. The molecule has 0 amide bonds. The van der Waals surface area contributed by atoms with Crippen LogP contribution in [-0.4, -0.2) is 61.2 Å². The van der Waals surface area contributed by atoms with E-state index in [1.165, 1.54) is 13.5 Å². The normalized spacial score (nSPS) is 17.7. The van der Waals surface area contributed by atoms with Gasteiger partial charge in [-0.25, -0.2) is 4.79 Å². The molecule has 1 saturated heterocycles. The van der Waals surface area contributed by atoms with E-state index in [0.29, 0.717) is 5.75 Å². The number of carboxylic acids is 1. The number of carbonyl (C=O) groups is 1. The molecule has 0 saturated carbocycles.